The van der Waals surface area contributed by atoms with Crippen molar-refractivity contribution >= 4 is 29.1 Å². The fraction of sp³-hybridized carbons (Fsp3) is 0.273. The SMILES string of the molecule is Cc1nn(-c2ccccc2)c(C)c1CCC(=O)NCCc1ccc(Cl)cc1Cl. The number of carbonyl (C=O) groups is 1. The van der Waals surface area contributed by atoms with Crippen LogP contribution in [0.5, 0.6) is 0 Å². The number of aromatic nitrogens is 2. The summed E-state index contributed by atoms with van der Waals surface area (Å²) in [6.45, 7) is 4.58. The first kappa shape index (κ1) is 20.4. The molecule has 3 rings (SSSR count). The number of halogens is 2. The second-order valence-corrected chi connectivity index (χ2v) is 7.58. The second-order valence-electron chi connectivity index (χ2n) is 6.73. The normalized spacial score (nSPS) is 10.9. The Morgan fingerprint density at radius 2 is 1.82 bits per heavy atom. The molecule has 0 radical (unpaired) electrons. The summed E-state index contributed by atoms with van der Waals surface area (Å²) in [7, 11) is 0. The van der Waals surface area contributed by atoms with E-state index >= 15 is 0 Å². The van der Waals surface area contributed by atoms with Gasteiger partial charge in [0.05, 0.1) is 11.4 Å². The number of aryl methyl sites for hydroxylation is 1. The van der Waals surface area contributed by atoms with Crippen LogP contribution >= 0.6 is 23.2 Å². The Morgan fingerprint density at radius 3 is 2.54 bits per heavy atom. The molecule has 1 amide bonds. The fourth-order valence-electron chi connectivity index (χ4n) is 3.25. The summed E-state index contributed by atoms with van der Waals surface area (Å²) in [5.74, 6) is 0.0244. The standard InChI is InChI=1S/C22H23Cl2N3O/c1-15-20(16(2)27(26-15)19-6-4-3-5-7-19)10-11-22(28)25-13-12-17-8-9-18(23)14-21(17)24/h3-9,14H,10-13H2,1-2H3,(H,25,28). The van der Waals surface area contributed by atoms with Crippen molar-refractivity contribution in [2.24, 2.45) is 0 Å². The number of carbonyl (C=O) groups excluding carboxylic acids is 1. The van der Waals surface area contributed by atoms with Crippen LogP contribution in [-0.4, -0.2) is 22.2 Å². The van der Waals surface area contributed by atoms with Crippen LogP contribution in [0.25, 0.3) is 5.69 Å². The zero-order valence-electron chi connectivity index (χ0n) is 16.0. The third-order valence-electron chi connectivity index (χ3n) is 4.78. The van der Waals surface area contributed by atoms with Gasteiger partial charge < -0.3 is 5.32 Å². The van der Waals surface area contributed by atoms with Crippen LogP contribution in [0, 0.1) is 13.8 Å². The van der Waals surface area contributed by atoms with Crippen LogP contribution in [0.3, 0.4) is 0 Å². The molecule has 0 aliphatic heterocycles. The Hall–Kier alpha value is -2.30. The molecule has 1 aromatic heterocycles. The van der Waals surface area contributed by atoms with Crippen LogP contribution in [0.2, 0.25) is 10.0 Å². The smallest absolute Gasteiger partial charge is 0.220 e. The molecule has 0 atom stereocenters. The zero-order chi connectivity index (χ0) is 20.1. The van der Waals surface area contributed by atoms with Crippen LogP contribution in [0.4, 0.5) is 0 Å². The average molecular weight is 416 g/mol. The fourth-order valence-corrected chi connectivity index (χ4v) is 3.75. The van der Waals surface area contributed by atoms with Crippen molar-refractivity contribution in [3.63, 3.8) is 0 Å². The topological polar surface area (TPSA) is 46.9 Å². The molecule has 0 saturated carbocycles. The Labute approximate surface area is 175 Å². The average Bonchev–Trinajstić information content (AvgIpc) is 2.96. The van der Waals surface area contributed by atoms with E-state index in [-0.39, 0.29) is 5.91 Å². The number of rotatable bonds is 7. The lowest BCUT2D eigenvalue weighted by molar-refractivity contribution is -0.121. The Kier molecular flexibility index (Phi) is 6.76. The van der Waals surface area contributed by atoms with Gasteiger partial charge in [0, 0.05) is 28.7 Å². The first-order valence-electron chi connectivity index (χ1n) is 9.27. The summed E-state index contributed by atoms with van der Waals surface area (Å²) >= 11 is 12.1. The van der Waals surface area contributed by atoms with Gasteiger partial charge in [0.2, 0.25) is 5.91 Å². The van der Waals surface area contributed by atoms with E-state index in [4.69, 9.17) is 23.2 Å². The zero-order valence-corrected chi connectivity index (χ0v) is 17.5. The predicted octanol–water partition coefficient (Wildman–Crippen LogP) is 5.09. The van der Waals surface area contributed by atoms with Crippen molar-refractivity contribution in [2.45, 2.75) is 33.1 Å². The maximum absolute atomic E-state index is 12.3. The highest BCUT2D eigenvalue weighted by atomic mass is 35.5. The van der Waals surface area contributed by atoms with Gasteiger partial charge in [0.1, 0.15) is 0 Å². The molecule has 4 nitrogen and oxygen atoms in total. The molecule has 1 heterocycles. The van der Waals surface area contributed by atoms with Crippen molar-refractivity contribution in [1.82, 2.24) is 15.1 Å². The van der Waals surface area contributed by atoms with Crippen molar-refractivity contribution in [3.8, 4) is 5.69 Å². The summed E-state index contributed by atoms with van der Waals surface area (Å²) in [6.07, 6.45) is 1.76. The van der Waals surface area contributed by atoms with Crippen LogP contribution in [0.1, 0.15) is 28.9 Å². The Bertz CT molecular complexity index is 967. The summed E-state index contributed by atoms with van der Waals surface area (Å²) in [5, 5.41) is 8.84. The van der Waals surface area contributed by atoms with Gasteiger partial charge in [0.25, 0.3) is 0 Å². The molecule has 0 aliphatic carbocycles. The number of nitrogens with zero attached hydrogens (tertiary/aromatic N) is 2. The highest BCUT2D eigenvalue weighted by Crippen LogP contribution is 2.21. The van der Waals surface area contributed by atoms with E-state index in [9.17, 15) is 4.79 Å². The van der Waals surface area contributed by atoms with Gasteiger partial charge in [-0.05, 0) is 62.1 Å². The number of para-hydroxylation sites is 1. The molecule has 0 spiro atoms. The van der Waals surface area contributed by atoms with E-state index in [2.05, 4.69) is 10.4 Å². The lowest BCUT2D eigenvalue weighted by Crippen LogP contribution is -2.26. The summed E-state index contributed by atoms with van der Waals surface area (Å²) in [4.78, 5) is 12.3. The van der Waals surface area contributed by atoms with Gasteiger partial charge >= 0.3 is 0 Å². The monoisotopic (exact) mass is 415 g/mol. The van der Waals surface area contributed by atoms with Gasteiger partial charge in [-0.15, -0.1) is 0 Å². The minimum absolute atomic E-state index is 0.0244. The summed E-state index contributed by atoms with van der Waals surface area (Å²) in [5.41, 5.74) is 5.16. The minimum atomic E-state index is 0.0244. The first-order chi connectivity index (χ1) is 13.5. The highest BCUT2D eigenvalue weighted by Gasteiger charge is 2.14. The van der Waals surface area contributed by atoms with E-state index in [1.54, 1.807) is 12.1 Å². The minimum Gasteiger partial charge on any atom is -0.356 e. The van der Waals surface area contributed by atoms with Crippen molar-refractivity contribution in [1.29, 1.82) is 0 Å². The number of amides is 1. The molecule has 0 bridgehead atoms. The van der Waals surface area contributed by atoms with E-state index in [1.165, 1.54) is 0 Å². The summed E-state index contributed by atoms with van der Waals surface area (Å²) < 4.78 is 1.94. The van der Waals surface area contributed by atoms with Crippen molar-refractivity contribution in [3.05, 3.63) is 81.1 Å². The van der Waals surface area contributed by atoms with Crippen LogP contribution in [0.15, 0.2) is 48.5 Å². The first-order valence-corrected chi connectivity index (χ1v) is 10.0. The number of nitrogens with one attached hydrogen (secondary N) is 1. The van der Waals surface area contributed by atoms with E-state index in [0.29, 0.717) is 35.9 Å². The Morgan fingerprint density at radius 1 is 1.07 bits per heavy atom. The van der Waals surface area contributed by atoms with E-state index < -0.39 is 0 Å². The number of hydrogen-bond donors (Lipinski definition) is 1. The molecule has 0 saturated heterocycles. The largest absolute Gasteiger partial charge is 0.356 e. The van der Waals surface area contributed by atoms with Crippen molar-refractivity contribution < 1.29 is 4.79 Å². The molecule has 3 aromatic rings. The third kappa shape index (κ3) is 4.94. The lowest BCUT2D eigenvalue weighted by atomic mass is 10.1. The molecule has 28 heavy (non-hydrogen) atoms. The lowest BCUT2D eigenvalue weighted by Gasteiger charge is -2.08. The number of benzene rings is 2. The maximum atomic E-state index is 12.3. The molecule has 146 valence electrons. The van der Waals surface area contributed by atoms with E-state index in [1.807, 2.05) is 54.9 Å². The van der Waals surface area contributed by atoms with Gasteiger partial charge in [-0.3, -0.25) is 4.79 Å². The Balaban J connectivity index is 1.54. The quantitative estimate of drug-likeness (QED) is 0.584. The third-order valence-corrected chi connectivity index (χ3v) is 5.36. The van der Waals surface area contributed by atoms with Gasteiger partial charge in [-0.25, -0.2) is 4.68 Å². The number of hydrogen-bond acceptors (Lipinski definition) is 2. The molecule has 2 aromatic carbocycles. The van der Waals surface area contributed by atoms with Gasteiger partial charge in [-0.1, -0.05) is 47.5 Å². The second kappa shape index (κ2) is 9.26. The van der Waals surface area contributed by atoms with Crippen molar-refractivity contribution in [2.75, 3.05) is 6.54 Å². The van der Waals surface area contributed by atoms with E-state index in [0.717, 1.165) is 28.2 Å². The van der Waals surface area contributed by atoms with Gasteiger partial charge in [0.15, 0.2) is 0 Å². The van der Waals surface area contributed by atoms with Crippen LogP contribution in [-0.2, 0) is 17.6 Å². The molecule has 1 N–H and O–H groups in total. The van der Waals surface area contributed by atoms with Crippen LogP contribution < -0.4 is 5.32 Å². The molecule has 0 aliphatic rings. The molecule has 0 unspecified atom stereocenters. The highest BCUT2D eigenvalue weighted by molar-refractivity contribution is 6.35. The summed E-state index contributed by atoms with van der Waals surface area (Å²) in [6, 6.07) is 15.4. The molecular formula is C22H23Cl2N3O. The predicted molar refractivity (Wildman–Crippen MR) is 115 cm³/mol. The maximum Gasteiger partial charge on any atom is 0.220 e. The molecular weight excluding hydrogens is 393 g/mol. The molecule has 0 fully saturated rings. The molecule has 6 heteroatoms. The van der Waals surface area contributed by atoms with Gasteiger partial charge in [-0.2, -0.15) is 5.10 Å².